The van der Waals surface area contributed by atoms with Crippen LogP contribution in [0.2, 0.25) is 0 Å². The molecule has 4 unspecified atom stereocenters. The number of hydrogen-bond donors (Lipinski definition) is 3. The molecular formula is C12H23N3. The van der Waals surface area contributed by atoms with E-state index in [1.807, 2.05) is 6.92 Å². The van der Waals surface area contributed by atoms with E-state index in [2.05, 4.69) is 11.4 Å². The second-order valence-corrected chi connectivity index (χ2v) is 5.13. The van der Waals surface area contributed by atoms with Crippen molar-refractivity contribution in [2.45, 2.75) is 44.7 Å². The van der Waals surface area contributed by atoms with Gasteiger partial charge >= 0.3 is 0 Å². The van der Waals surface area contributed by atoms with Crippen LogP contribution >= 0.6 is 0 Å². The number of nitrogens with two attached hydrogens (primary N) is 2. The van der Waals surface area contributed by atoms with Crippen LogP contribution in [0.3, 0.4) is 0 Å². The van der Waals surface area contributed by atoms with Gasteiger partial charge in [0.25, 0.3) is 0 Å². The van der Waals surface area contributed by atoms with Crippen molar-refractivity contribution in [3.63, 3.8) is 0 Å². The molecule has 1 heterocycles. The molecule has 0 aromatic heterocycles. The van der Waals surface area contributed by atoms with Gasteiger partial charge in [0, 0.05) is 17.8 Å². The number of piperidine rings is 1. The molecule has 0 bridgehead atoms. The lowest BCUT2D eigenvalue weighted by Gasteiger charge is -2.43. The van der Waals surface area contributed by atoms with Gasteiger partial charge in [-0.2, -0.15) is 0 Å². The van der Waals surface area contributed by atoms with Gasteiger partial charge in [-0.25, -0.2) is 0 Å². The Morgan fingerprint density at radius 3 is 2.80 bits per heavy atom. The standard InChI is InChI=1S/C12H23N3/c1-8(13)6-11-12(14)10-5-3-2-4-9(10)7-15-11/h6,9-12,15H,2-5,7,13-14H2,1H3/b8-6+. The average Bonchev–Trinajstić information content (AvgIpc) is 2.22. The Labute approximate surface area is 92.3 Å². The minimum atomic E-state index is 0.252. The third-order valence-corrected chi connectivity index (χ3v) is 3.94. The molecule has 0 aromatic carbocycles. The first kappa shape index (κ1) is 11.0. The molecule has 1 saturated heterocycles. The van der Waals surface area contributed by atoms with Crippen LogP contribution in [0, 0.1) is 11.8 Å². The number of rotatable bonds is 1. The molecule has 0 spiro atoms. The molecule has 2 aliphatic rings. The highest BCUT2D eigenvalue weighted by atomic mass is 15.0. The van der Waals surface area contributed by atoms with Crippen LogP contribution in [-0.2, 0) is 0 Å². The van der Waals surface area contributed by atoms with Crippen molar-refractivity contribution in [1.29, 1.82) is 0 Å². The summed E-state index contributed by atoms with van der Waals surface area (Å²) in [6.07, 6.45) is 7.47. The predicted molar refractivity (Wildman–Crippen MR) is 63.2 cm³/mol. The van der Waals surface area contributed by atoms with Crippen LogP contribution in [-0.4, -0.2) is 18.6 Å². The largest absolute Gasteiger partial charge is 0.402 e. The third kappa shape index (κ3) is 2.34. The van der Waals surface area contributed by atoms with Crippen LogP contribution in [0.25, 0.3) is 0 Å². The lowest BCUT2D eigenvalue weighted by molar-refractivity contribution is 0.141. The maximum absolute atomic E-state index is 6.32. The van der Waals surface area contributed by atoms with Crippen molar-refractivity contribution in [3.05, 3.63) is 11.8 Å². The van der Waals surface area contributed by atoms with E-state index in [-0.39, 0.29) is 12.1 Å². The fourth-order valence-corrected chi connectivity index (χ4v) is 3.14. The van der Waals surface area contributed by atoms with Gasteiger partial charge in [0.05, 0.1) is 0 Å². The minimum Gasteiger partial charge on any atom is -0.402 e. The summed E-state index contributed by atoms with van der Waals surface area (Å²) in [7, 11) is 0. The molecule has 0 amide bonds. The molecule has 0 aromatic rings. The summed E-state index contributed by atoms with van der Waals surface area (Å²) in [5.74, 6) is 1.51. The highest BCUT2D eigenvalue weighted by molar-refractivity contribution is 5.08. The fourth-order valence-electron chi connectivity index (χ4n) is 3.14. The van der Waals surface area contributed by atoms with Crippen LogP contribution in [0.15, 0.2) is 11.8 Å². The number of allylic oxidation sites excluding steroid dienone is 1. The zero-order valence-electron chi connectivity index (χ0n) is 9.58. The van der Waals surface area contributed by atoms with E-state index < -0.39 is 0 Å². The van der Waals surface area contributed by atoms with Crippen LogP contribution < -0.4 is 16.8 Å². The quantitative estimate of drug-likeness (QED) is 0.602. The molecule has 4 atom stereocenters. The van der Waals surface area contributed by atoms with Crippen molar-refractivity contribution in [3.8, 4) is 0 Å². The second kappa shape index (κ2) is 4.54. The van der Waals surface area contributed by atoms with Crippen molar-refractivity contribution in [2.75, 3.05) is 6.54 Å². The fraction of sp³-hybridized carbons (Fsp3) is 0.833. The van der Waals surface area contributed by atoms with E-state index in [9.17, 15) is 0 Å². The molecule has 2 rings (SSSR count). The Balaban J connectivity index is 2.04. The van der Waals surface area contributed by atoms with Crippen molar-refractivity contribution in [1.82, 2.24) is 5.32 Å². The molecular weight excluding hydrogens is 186 g/mol. The Hall–Kier alpha value is -0.540. The molecule has 5 N–H and O–H groups in total. The molecule has 3 nitrogen and oxygen atoms in total. The van der Waals surface area contributed by atoms with Crippen molar-refractivity contribution in [2.24, 2.45) is 23.3 Å². The topological polar surface area (TPSA) is 64.1 Å². The van der Waals surface area contributed by atoms with Gasteiger partial charge in [-0.05, 0) is 44.2 Å². The Morgan fingerprint density at radius 2 is 2.07 bits per heavy atom. The summed E-state index contributed by atoms with van der Waals surface area (Å²) in [5, 5.41) is 3.52. The average molecular weight is 209 g/mol. The number of hydrogen-bond acceptors (Lipinski definition) is 3. The normalized spacial score (nSPS) is 42.4. The number of nitrogens with one attached hydrogen (secondary N) is 1. The Kier molecular flexibility index (Phi) is 3.32. The Morgan fingerprint density at radius 1 is 1.33 bits per heavy atom. The predicted octanol–water partition coefficient (Wildman–Crippen LogP) is 0.954. The van der Waals surface area contributed by atoms with Gasteiger partial charge in [-0.15, -0.1) is 0 Å². The zero-order chi connectivity index (χ0) is 10.8. The van der Waals surface area contributed by atoms with Crippen LogP contribution in [0.1, 0.15) is 32.6 Å². The van der Waals surface area contributed by atoms with E-state index in [0.717, 1.165) is 18.2 Å². The SMILES string of the molecule is C/C(N)=C\C1NCC2CCCCC2C1N. The van der Waals surface area contributed by atoms with E-state index in [4.69, 9.17) is 11.5 Å². The summed E-state index contributed by atoms with van der Waals surface area (Å²) in [4.78, 5) is 0. The molecule has 1 aliphatic heterocycles. The second-order valence-electron chi connectivity index (χ2n) is 5.13. The molecule has 1 saturated carbocycles. The lowest BCUT2D eigenvalue weighted by atomic mass is 9.71. The highest BCUT2D eigenvalue weighted by Gasteiger charge is 2.37. The summed E-state index contributed by atoms with van der Waals surface area (Å²) in [5.41, 5.74) is 12.9. The lowest BCUT2D eigenvalue weighted by Crippen LogP contribution is -2.58. The van der Waals surface area contributed by atoms with Crippen molar-refractivity contribution >= 4 is 0 Å². The van der Waals surface area contributed by atoms with E-state index >= 15 is 0 Å². The molecule has 15 heavy (non-hydrogen) atoms. The first-order chi connectivity index (χ1) is 7.18. The molecule has 2 fully saturated rings. The van der Waals surface area contributed by atoms with Gasteiger partial charge in [0.2, 0.25) is 0 Å². The van der Waals surface area contributed by atoms with Gasteiger partial charge < -0.3 is 16.8 Å². The smallest absolute Gasteiger partial charge is 0.0425 e. The third-order valence-electron chi connectivity index (χ3n) is 3.94. The maximum Gasteiger partial charge on any atom is 0.0425 e. The Bertz CT molecular complexity index is 245. The summed E-state index contributed by atoms with van der Waals surface area (Å²) >= 11 is 0. The van der Waals surface area contributed by atoms with Crippen LogP contribution in [0.5, 0.6) is 0 Å². The van der Waals surface area contributed by atoms with Crippen molar-refractivity contribution < 1.29 is 0 Å². The molecule has 1 aliphatic carbocycles. The summed E-state index contributed by atoms with van der Waals surface area (Å²) in [6.45, 7) is 3.05. The van der Waals surface area contributed by atoms with E-state index in [1.54, 1.807) is 0 Å². The van der Waals surface area contributed by atoms with Gasteiger partial charge in [-0.3, -0.25) is 0 Å². The number of fused-ring (bicyclic) bond motifs is 1. The zero-order valence-corrected chi connectivity index (χ0v) is 9.58. The monoisotopic (exact) mass is 209 g/mol. The molecule has 0 radical (unpaired) electrons. The first-order valence-electron chi connectivity index (χ1n) is 6.11. The van der Waals surface area contributed by atoms with Gasteiger partial charge in [-0.1, -0.05) is 12.8 Å². The molecule has 3 heteroatoms. The van der Waals surface area contributed by atoms with E-state index in [0.29, 0.717) is 5.92 Å². The molecule has 86 valence electrons. The maximum atomic E-state index is 6.32. The van der Waals surface area contributed by atoms with Crippen LogP contribution in [0.4, 0.5) is 0 Å². The van der Waals surface area contributed by atoms with E-state index in [1.165, 1.54) is 25.7 Å². The minimum absolute atomic E-state index is 0.252. The van der Waals surface area contributed by atoms with Gasteiger partial charge in [0.15, 0.2) is 0 Å². The highest BCUT2D eigenvalue weighted by Crippen LogP contribution is 2.35. The van der Waals surface area contributed by atoms with Gasteiger partial charge in [0.1, 0.15) is 0 Å². The summed E-state index contributed by atoms with van der Waals surface area (Å²) < 4.78 is 0. The first-order valence-corrected chi connectivity index (χ1v) is 6.11. The summed E-state index contributed by atoms with van der Waals surface area (Å²) in [6, 6.07) is 0.539.